The van der Waals surface area contributed by atoms with Crippen LogP contribution in [0, 0.1) is 29.9 Å². The highest BCUT2D eigenvalue weighted by Crippen LogP contribution is 2.36. The van der Waals surface area contributed by atoms with E-state index in [1.807, 2.05) is 56.9 Å². The number of aliphatic hydroxyl groups is 1. The van der Waals surface area contributed by atoms with Crippen molar-refractivity contribution in [3.8, 4) is 10.4 Å². The van der Waals surface area contributed by atoms with Crippen LogP contribution >= 0.6 is 11.3 Å². The largest absolute Gasteiger partial charge is 0.391 e. The van der Waals surface area contributed by atoms with Crippen LogP contribution in [0.2, 0.25) is 0 Å². The number of aromatic nitrogens is 2. The third kappa shape index (κ3) is 12.0. The maximum absolute atomic E-state index is 15.6. The minimum Gasteiger partial charge on any atom is -0.391 e. The summed E-state index contributed by atoms with van der Waals surface area (Å²) in [7, 11) is -3.67. The lowest BCUT2D eigenvalue weighted by atomic mass is 9.76. The zero-order valence-electron chi connectivity index (χ0n) is 39.7. The van der Waals surface area contributed by atoms with E-state index >= 15 is 8.78 Å². The highest BCUT2D eigenvalue weighted by Gasteiger charge is 2.44. The fourth-order valence-electron chi connectivity index (χ4n) is 9.31. The normalized spacial score (nSPS) is 17.7. The number of β-amino-alcohol motifs (C(OH)–C–C–N with tert-alkyl or cyclic N) is 1. The lowest BCUT2D eigenvalue weighted by molar-refractivity contribution is -0.146. The van der Waals surface area contributed by atoms with Gasteiger partial charge in [0.25, 0.3) is 0 Å². The van der Waals surface area contributed by atoms with E-state index in [4.69, 9.17) is 0 Å². The summed E-state index contributed by atoms with van der Waals surface area (Å²) in [4.78, 5) is 83.2. The molecule has 2 aromatic carbocycles. The van der Waals surface area contributed by atoms with Gasteiger partial charge in [0, 0.05) is 94.0 Å². The quantitative estimate of drug-likeness (QED) is 0.102. The minimum atomic E-state index is -3.67. The number of anilines is 1. The first-order valence-electron chi connectivity index (χ1n) is 23.5. The molecule has 3 atom stereocenters. The third-order valence-corrected chi connectivity index (χ3v) is 15.9. The lowest BCUT2D eigenvalue weighted by Gasteiger charge is -2.36. The fraction of sp³-hybridized carbons (Fsp3) is 0.471. The van der Waals surface area contributed by atoms with E-state index in [9.17, 15) is 37.5 Å². The summed E-state index contributed by atoms with van der Waals surface area (Å²) < 4.78 is 55.6. The maximum atomic E-state index is 15.6. The van der Waals surface area contributed by atoms with Gasteiger partial charge in [-0.2, -0.15) is 0 Å². The van der Waals surface area contributed by atoms with Crippen LogP contribution in [0.25, 0.3) is 16.0 Å². The van der Waals surface area contributed by atoms with E-state index in [2.05, 4.69) is 15.3 Å². The highest BCUT2D eigenvalue weighted by molar-refractivity contribution is 7.90. The number of aliphatic hydroxyl groups excluding tert-OH is 1. The molecule has 0 saturated carbocycles. The molecule has 14 nitrogen and oxygen atoms in total. The average Bonchev–Trinajstić information content (AvgIpc) is 4.05. The highest BCUT2D eigenvalue weighted by atomic mass is 32.2. The second-order valence-electron chi connectivity index (χ2n) is 19.3. The molecule has 69 heavy (non-hydrogen) atoms. The first kappa shape index (κ1) is 51.1. The molecule has 2 N–H and O–H groups in total. The van der Waals surface area contributed by atoms with Crippen molar-refractivity contribution in [2.24, 2.45) is 11.3 Å². The number of ketones is 2. The van der Waals surface area contributed by atoms with Gasteiger partial charge in [-0.15, -0.1) is 11.3 Å². The number of allylic oxidation sites excluding steroid dienone is 2. The Morgan fingerprint density at radius 1 is 0.986 bits per heavy atom. The molecule has 2 aliphatic heterocycles. The number of carbonyl (C=O) groups is 5. The van der Waals surface area contributed by atoms with Crippen molar-refractivity contribution < 1.29 is 46.3 Å². The second-order valence-corrected chi connectivity index (χ2v) is 22.3. The maximum Gasteiger partial charge on any atom is 0.243 e. The van der Waals surface area contributed by atoms with Gasteiger partial charge in [0.15, 0.2) is 15.6 Å². The molecule has 0 radical (unpaired) electrons. The number of Topliss-reactive ketones (excluding diaryl/α,β-unsaturated/α-hetero) is 2. The van der Waals surface area contributed by atoms with Gasteiger partial charge in [-0.25, -0.2) is 22.2 Å². The number of carbonyl (C=O) groups excluding carboxylic acids is 5. The Morgan fingerprint density at radius 3 is 2.38 bits per heavy atom. The molecule has 0 spiro atoms. The summed E-state index contributed by atoms with van der Waals surface area (Å²) in [6.45, 7) is 11.1. The number of aryl methyl sites for hydroxylation is 1. The van der Waals surface area contributed by atoms with Gasteiger partial charge in [0.2, 0.25) is 17.7 Å². The number of hydrogen-bond donors (Lipinski definition) is 2. The van der Waals surface area contributed by atoms with Gasteiger partial charge in [0.05, 0.1) is 56.8 Å². The molecule has 1 aliphatic carbocycles. The molecular formula is C51H60F2N6O8S2. The lowest BCUT2D eigenvalue weighted by Crippen LogP contribution is -2.50. The molecule has 2 aromatic heterocycles. The molecule has 3 amide bonds. The van der Waals surface area contributed by atoms with Crippen LogP contribution in [0.15, 0.2) is 60.2 Å². The molecule has 7 rings (SSSR count). The number of benzene rings is 2. The standard InChI is InChI=1S/C51H60F2N6O8S2/c1-6-22-69(66,67)29-34-14-16-41(52)45(46(34)53)47(63)38-15-17-42-39(38)23-35(27-54-42)57-18-20-58(21-19-57)44(62)9-7-8-36(60)24-40(51(3,4)5)50(65)59-28-37(61)25-43(59)49(64)55-26-32-10-12-33(13-11-32)48-31(2)56-30-68-48/h10-16,23,27,30,37,40,43,61H,6-9,17-22,24-26,28-29H2,1-5H3,(H,55,64)/t37-,40-,43+/m1/s1. The van der Waals surface area contributed by atoms with Gasteiger partial charge < -0.3 is 25.1 Å². The Morgan fingerprint density at radius 2 is 1.71 bits per heavy atom. The summed E-state index contributed by atoms with van der Waals surface area (Å²) in [6, 6.07) is 10.6. The number of fused-ring (bicyclic) bond motifs is 1. The van der Waals surface area contributed by atoms with Crippen LogP contribution in [-0.4, -0.2) is 113 Å². The van der Waals surface area contributed by atoms with E-state index in [0.29, 0.717) is 49.5 Å². The number of sulfone groups is 1. The monoisotopic (exact) mass is 986 g/mol. The van der Waals surface area contributed by atoms with Crippen molar-refractivity contribution >= 4 is 61.7 Å². The Kier molecular flexibility index (Phi) is 15.9. The number of likely N-dealkylation sites (tertiary alicyclic amines) is 1. The van der Waals surface area contributed by atoms with Gasteiger partial charge in [-0.05, 0) is 48.4 Å². The van der Waals surface area contributed by atoms with Gasteiger partial charge in [-0.3, -0.25) is 29.0 Å². The molecule has 368 valence electrons. The van der Waals surface area contributed by atoms with Crippen LogP contribution in [0.5, 0.6) is 0 Å². The van der Waals surface area contributed by atoms with E-state index in [1.165, 1.54) is 4.90 Å². The Balaban J connectivity index is 0.890. The second kappa shape index (κ2) is 21.5. The van der Waals surface area contributed by atoms with Crippen molar-refractivity contribution in [3.63, 3.8) is 0 Å². The summed E-state index contributed by atoms with van der Waals surface area (Å²) >= 11 is 1.56. The van der Waals surface area contributed by atoms with E-state index in [1.54, 1.807) is 47.0 Å². The summed E-state index contributed by atoms with van der Waals surface area (Å²) in [6.07, 6.45) is 3.47. The van der Waals surface area contributed by atoms with Crippen molar-refractivity contribution in [3.05, 3.63) is 106 Å². The predicted molar refractivity (Wildman–Crippen MR) is 260 cm³/mol. The molecule has 2 saturated heterocycles. The number of rotatable bonds is 18. The van der Waals surface area contributed by atoms with Crippen LogP contribution in [-0.2, 0) is 47.7 Å². The Hall–Kier alpha value is -5.72. The van der Waals surface area contributed by atoms with Crippen LogP contribution in [0.4, 0.5) is 14.5 Å². The van der Waals surface area contributed by atoms with Gasteiger partial charge in [-0.1, -0.05) is 64.1 Å². The van der Waals surface area contributed by atoms with E-state index in [0.717, 1.165) is 33.8 Å². The zero-order chi connectivity index (χ0) is 49.8. The molecule has 0 unspecified atom stereocenters. The van der Waals surface area contributed by atoms with Crippen molar-refractivity contribution in [2.75, 3.05) is 43.4 Å². The molecule has 3 aliphatic rings. The third-order valence-electron chi connectivity index (χ3n) is 13.2. The van der Waals surface area contributed by atoms with Crippen molar-refractivity contribution in [1.82, 2.24) is 25.1 Å². The molecule has 4 heterocycles. The number of halogens is 2. The summed E-state index contributed by atoms with van der Waals surface area (Å²) in [5, 5.41) is 13.6. The van der Waals surface area contributed by atoms with Crippen molar-refractivity contribution in [2.45, 2.75) is 104 Å². The van der Waals surface area contributed by atoms with Gasteiger partial charge in [0.1, 0.15) is 23.5 Å². The van der Waals surface area contributed by atoms with Crippen LogP contribution in [0.3, 0.4) is 0 Å². The molecular weight excluding hydrogens is 927 g/mol. The van der Waals surface area contributed by atoms with Gasteiger partial charge >= 0.3 is 0 Å². The Labute approximate surface area is 406 Å². The molecule has 0 bridgehead atoms. The topological polar surface area (TPSA) is 187 Å². The first-order chi connectivity index (χ1) is 32.7. The number of pyridine rings is 1. The first-order valence-corrected chi connectivity index (χ1v) is 26.2. The predicted octanol–water partition coefficient (Wildman–Crippen LogP) is 6.66. The number of piperazine rings is 1. The number of hydrogen-bond acceptors (Lipinski definition) is 12. The zero-order valence-corrected chi connectivity index (χ0v) is 41.4. The number of amides is 3. The number of thiazole rings is 1. The van der Waals surface area contributed by atoms with Crippen LogP contribution < -0.4 is 10.2 Å². The number of nitrogens with zero attached hydrogens (tertiary/aromatic N) is 5. The molecule has 18 heteroatoms. The van der Waals surface area contributed by atoms with Crippen LogP contribution in [0.1, 0.15) is 105 Å². The van der Waals surface area contributed by atoms with E-state index < -0.39 is 62.0 Å². The Bertz CT molecular complexity index is 2750. The minimum absolute atomic E-state index is 0.0168. The van der Waals surface area contributed by atoms with Crippen molar-refractivity contribution in [1.29, 1.82) is 0 Å². The summed E-state index contributed by atoms with van der Waals surface area (Å²) in [5.74, 6) is -5.79. The van der Waals surface area contributed by atoms with E-state index in [-0.39, 0.29) is 92.0 Å². The SMILES string of the molecule is CCCS(=O)(=O)Cc1ccc(F)c(C(=O)C2=CCc3ncc(N4CCN(C(=O)CCCC(=O)C[C@H](C(=O)N5C[C@H](O)C[C@H]5C(=O)NCc5ccc(-c6scnc6C)cc5)C(C)(C)C)CC4)cc32)c1F. The fourth-order valence-corrected chi connectivity index (χ4v) is 11.6. The number of nitrogens with one attached hydrogen (secondary N) is 1. The average molecular weight is 987 g/mol. The smallest absolute Gasteiger partial charge is 0.243 e. The molecule has 4 aromatic rings. The summed E-state index contributed by atoms with van der Waals surface area (Å²) in [5.41, 5.74) is 4.66. The molecule has 2 fully saturated rings.